The molecule has 0 saturated heterocycles. The summed E-state index contributed by atoms with van der Waals surface area (Å²) in [5.41, 5.74) is 0.137. The van der Waals surface area contributed by atoms with Crippen molar-refractivity contribution in [3.63, 3.8) is 0 Å². The first-order valence-corrected chi connectivity index (χ1v) is 7.03. The second-order valence-corrected chi connectivity index (χ2v) is 5.24. The van der Waals surface area contributed by atoms with Crippen molar-refractivity contribution in [2.24, 2.45) is 0 Å². The molecule has 0 saturated carbocycles. The molecule has 0 aromatic carbocycles. The van der Waals surface area contributed by atoms with Gasteiger partial charge in [-0.25, -0.2) is 0 Å². The standard InChI is InChI=1S/C14H18N2O2S/c1-3-18-8-4-7-16-14(17)12(10-15)9-13-6-5-11(2)19-13/h5-6,9H,3-4,7-8H2,1-2H3,(H,16,17). The van der Waals surface area contributed by atoms with Crippen LogP contribution < -0.4 is 5.32 Å². The minimum absolute atomic E-state index is 0.137. The van der Waals surface area contributed by atoms with Gasteiger partial charge in [0.05, 0.1) is 0 Å². The van der Waals surface area contributed by atoms with E-state index in [-0.39, 0.29) is 11.5 Å². The van der Waals surface area contributed by atoms with Crippen molar-refractivity contribution in [3.8, 4) is 6.07 Å². The highest BCUT2D eigenvalue weighted by Crippen LogP contribution is 2.18. The summed E-state index contributed by atoms with van der Waals surface area (Å²) in [6.07, 6.45) is 2.37. The Kier molecular flexibility index (Phi) is 6.86. The van der Waals surface area contributed by atoms with Gasteiger partial charge in [0, 0.05) is 29.5 Å². The van der Waals surface area contributed by atoms with Crippen LogP contribution in [-0.4, -0.2) is 25.7 Å². The van der Waals surface area contributed by atoms with Crippen LogP contribution in [0.1, 0.15) is 23.1 Å². The van der Waals surface area contributed by atoms with Crippen LogP contribution in [0.4, 0.5) is 0 Å². The number of nitrogens with zero attached hydrogens (tertiary/aromatic N) is 1. The third kappa shape index (κ3) is 5.69. The summed E-state index contributed by atoms with van der Waals surface area (Å²) < 4.78 is 5.17. The molecular formula is C14H18N2O2S. The van der Waals surface area contributed by atoms with Crippen LogP contribution >= 0.6 is 11.3 Å². The predicted molar refractivity (Wildman–Crippen MR) is 76.8 cm³/mol. The van der Waals surface area contributed by atoms with Gasteiger partial charge in [0.25, 0.3) is 5.91 Å². The second-order valence-electron chi connectivity index (χ2n) is 3.92. The van der Waals surface area contributed by atoms with Crippen LogP contribution in [0.15, 0.2) is 17.7 Å². The zero-order valence-corrected chi connectivity index (χ0v) is 12.0. The van der Waals surface area contributed by atoms with Crippen molar-refractivity contribution in [1.29, 1.82) is 5.26 Å². The van der Waals surface area contributed by atoms with E-state index >= 15 is 0 Å². The molecule has 0 aliphatic rings. The van der Waals surface area contributed by atoms with Crippen LogP contribution in [0.25, 0.3) is 6.08 Å². The summed E-state index contributed by atoms with van der Waals surface area (Å²) in [7, 11) is 0. The maximum Gasteiger partial charge on any atom is 0.261 e. The molecule has 1 amide bonds. The first-order chi connectivity index (χ1) is 9.17. The van der Waals surface area contributed by atoms with Gasteiger partial charge in [-0.1, -0.05) is 0 Å². The van der Waals surface area contributed by atoms with Gasteiger partial charge in [0.2, 0.25) is 0 Å². The highest BCUT2D eigenvalue weighted by atomic mass is 32.1. The van der Waals surface area contributed by atoms with E-state index in [2.05, 4.69) is 5.32 Å². The maximum absolute atomic E-state index is 11.8. The zero-order valence-electron chi connectivity index (χ0n) is 11.2. The first kappa shape index (κ1) is 15.4. The Morgan fingerprint density at radius 2 is 2.37 bits per heavy atom. The Morgan fingerprint density at radius 3 is 2.95 bits per heavy atom. The van der Waals surface area contributed by atoms with Gasteiger partial charge in [-0.15, -0.1) is 11.3 Å². The van der Waals surface area contributed by atoms with Crippen molar-refractivity contribution in [2.45, 2.75) is 20.3 Å². The molecule has 0 radical (unpaired) electrons. The molecule has 1 N–H and O–H groups in total. The summed E-state index contributed by atoms with van der Waals surface area (Å²) >= 11 is 1.56. The molecule has 102 valence electrons. The molecular weight excluding hydrogens is 260 g/mol. The summed E-state index contributed by atoms with van der Waals surface area (Å²) in [6.45, 7) is 5.73. The SMILES string of the molecule is CCOCCCNC(=O)C(C#N)=Cc1ccc(C)s1. The smallest absolute Gasteiger partial charge is 0.261 e. The highest BCUT2D eigenvalue weighted by molar-refractivity contribution is 7.12. The number of nitriles is 1. The molecule has 0 bridgehead atoms. The highest BCUT2D eigenvalue weighted by Gasteiger charge is 2.08. The number of hydrogen-bond acceptors (Lipinski definition) is 4. The Bertz CT molecular complexity index is 486. The van der Waals surface area contributed by atoms with E-state index in [1.165, 1.54) is 0 Å². The van der Waals surface area contributed by atoms with E-state index in [4.69, 9.17) is 10.00 Å². The van der Waals surface area contributed by atoms with Gasteiger partial charge >= 0.3 is 0 Å². The van der Waals surface area contributed by atoms with Crippen molar-refractivity contribution < 1.29 is 9.53 Å². The second kappa shape index (κ2) is 8.46. The van der Waals surface area contributed by atoms with Gasteiger partial charge in [-0.2, -0.15) is 5.26 Å². The molecule has 1 heterocycles. The van der Waals surface area contributed by atoms with Crippen molar-refractivity contribution in [1.82, 2.24) is 5.32 Å². The van der Waals surface area contributed by atoms with Gasteiger partial charge in [0.15, 0.2) is 0 Å². The Labute approximate surface area is 117 Å². The monoisotopic (exact) mass is 278 g/mol. The average molecular weight is 278 g/mol. The number of aryl methyl sites for hydroxylation is 1. The number of ether oxygens (including phenoxy) is 1. The Balaban J connectivity index is 2.49. The van der Waals surface area contributed by atoms with E-state index < -0.39 is 0 Å². The summed E-state index contributed by atoms with van der Waals surface area (Å²) in [5, 5.41) is 11.7. The van der Waals surface area contributed by atoms with Gasteiger partial charge in [-0.05, 0) is 38.5 Å². The lowest BCUT2D eigenvalue weighted by Crippen LogP contribution is -2.26. The van der Waals surface area contributed by atoms with Crippen LogP contribution in [0.5, 0.6) is 0 Å². The molecule has 19 heavy (non-hydrogen) atoms. The fraction of sp³-hybridized carbons (Fsp3) is 0.429. The lowest BCUT2D eigenvalue weighted by molar-refractivity contribution is -0.117. The molecule has 0 unspecified atom stereocenters. The van der Waals surface area contributed by atoms with Crippen molar-refractivity contribution >= 4 is 23.3 Å². The number of nitrogens with one attached hydrogen (secondary N) is 1. The van der Waals surface area contributed by atoms with E-state index in [0.717, 1.165) is 16.2 Å². The van der Waals surface area contributed by atoms with Gasteiger partial charge < -0.3 is 10.1 Å². The first-order valence-electron chi connectivity index (χ1n) is 6.21. The third-order valence-corrected chi connectivity index (χ3v) is 3.32. The largest absolute Gasteiger partial charge is 0.382 e. The zero-order chi connectivity index (χ0) is 14.1. The van der Waals surface area contributed by atoms with Crippen molar-refractivity contribution in [3.05, 3.63) is 27.5 Å². The quantitative estimate of drug-likeness (QED) is 0.473. The molecule has 0 spiro atoms. The Hall–Kier alpha value is -1.64. The van der Waals surface area contributed by atoms with E-state index in [9.17, 15) is 4.79 Å². The average Bonchev–Trinajstić information content (AvgIpc) is 2.81. The van der Waals surface area contributed by atoms with Crippen LogP contribution in [0.2, 0.25) is 0 Å². The maximum atomic E-state index is 11.8. The minimum Gasteiger partial charge on any atom is -0.382 e. The van der Waals surface area contributed by atoms with Gasteiger partial charge in [-0.3, -0.25) is 4.79 Å². The van der Waals surface area contributed by atoms with E-state index in [1.54, 1.807) is 17.4 Å². The lowest BCUT2D eigenvalue weighted by Gasteiger charge is -2.04. The van der Waals surface area contributed by atoms with E-state index in [1.807, 2.05) is 32.0 Å². The molecule has 0 atom stereocenters. The minimum atomic E-state index is -0.329. The molecule has 1 rings (SSSR count). The van der Waals surface area contributed by atoms with Crippen LogP contribution in [0, 0.1) is 18.3 Å². The Morgan fingerprint density at radius 1 is 1.58 bits per heavy atom. The third-order valence-electron chi connectivity index (χ3n) is 2.37. The summed E-state index contributed by atoms with van der Waals surface area (Å²) in [5.74, 6) is -0.329. The number of carbonyl (C=O) groups is 1. The fourth-order valence-corrected chi connectivity index (χ4v) is 2.26. The number of amides is 1. The summed E-state index contributed by atoms with van der Waals surface area (Å²) in [6, 6.07) is 5.80. The molecule has 0 aliphatic carbocycles. The molecule has 1 aromatic rings. The fourth-order valence-electron chi connectivity index (χ4n) is 1.44. The van der Waals surface area contributed by atoms with Gasteiger partial charge in [0.1, 0.15) is 11.6 Å². The number of rotatable bonds is 7. The summed E-state index contributed by atoms with van der Waals surface area (Å²) in [4.78, 5) is 13.8. The molecule has 5 heteroatoms. The number of thiophene rings is 1. The number of carbonyl (C=O) groups excluding carboxylic acids is 1. The predicted octanol–water partition coefficient (Wildman–Crippen LogP) is 2.51. The molecule has 1 aromatic heterocycles. The molecule has 4 nitrogen and oxygen atoms in total. The van der Waals surface area contributed by atoms with Crippen LogP contribution in [-0.2, 0) is 9.53 Å². The lowest BCUT2D eigenvalue weighted by atomic mass is 10.2. The molecule has 0 fully saturated rings. The van der Waals surface area contributed by atoms with E-state index in [0.29, 0.717) is 19.8 Å². The number of hydrogen-bond donors (Lipinski definition) is 1. The van der Waals surface area contributed by atoms with Crippen LogP contribution in [0.3, 0.4) is 0 Å². The molecule has 0 aliphatic heterocycles. The topological polar surface area (TPSA) is 62.1 Å². The van der Waals surface area contributed by atoms with Crippen molar-refractivity contribution in [2.75, 3.05) is 19.8 Å². The normalized spacial score (nSPS) is 11.1.